The summed E-state index contributed by atoms with van der Waals surface area (Å²) in [6, 6.07) is 4.56. The van der Waals surface area contributed by atoms with Crippen LogP contribution in [0.1, 0.15) is 30.6 Å². The van der Waals surface area contributed by atoms with E-state index >= 15 is 0 Å². The van der Waals surface area contributed by atoms with Crippen LogP contribution in [0.25, 0.3) is 0 Å². The molecule has 1 aliphatic heterocycles. The van der Waals surface area contributed by atoms with Crippen LogP contribution in [0, 0.1) is 5.92 Å². The van der Waals surface area contributed by atoms with Gasteiger partial charge in [-0.3, -0.25) is 20.4 Å². The van der Waals surface area contributed by atoms with Crippen LogP contribution in [0.3, 0.4) is 0 Å². The molecule has 0 spiro atoms. The van der Waals surface area contributed by atoms with Gasteiger partial charge in [-0.15, -0.1) is 0 Å². The van der Waals surface area contributed by atoms with Crippen LogP contribution >= 0.6 is 0 Å². The molecule has 0 aromatic heterocycles. The summed E-state index contributed by atoms with van der Waals surface area (Å²) in [4.78, 5) is 23.4. The summed E-state index contributed by atoms with van der Waals surface area (Å²) in [7, 11) is -7.20. The van der Waals surface area contributed by atoms with E-state index < -0.39 is 31.8 Å². The van der Waals surface area contributed by atoms with E-state index in [4.69, 9.17) is 0 Å². The van der Waals surface area contributed by atoms with E-state index in [9.17, 15) is 26.4 Å². The Bertz CT molecular complexity index is 909. The third-order valence-electron chi connectivity index (χ3n) is 3.78. The Labute approximate surface area is 152 Å². The van der Waals surface area contributed by atoms with Crippen molar-refractivity contribution in [3.8, 4) is 0 Å². The van der Waals surface area contributed by atoms with Gasteiger partial charge >= 0.3 is 0 Å². The second kappa shape index (κ2) is 7.72. The topological polar surface area (TPSA) is 139 Å². The van der Waals surface area contributed by atoms with Crippen LogP contribution in [-0.4, -0.2) is 46.2 Å². The summed E-state index contributed by atoms with van der Waals surface area (Å²) in [6.45, 7) is 3.31. The first kappa shape index (κ1) is 20.3. The molecule has 1 saturated heterocycles. The standard InChI is InChI=1S/C15H21N3O6S2/c1-10(2)14(19)16-17-15(20)11-4-3-5-13(8-11)26(23,24)18-12-6-7-25(21,22)9-12/h3-5,8,10,12,18H,6-7,9H2,1-2H3,(H,16,19)(H,17,20). The highest BCUT2D eigenvalue weighted by Gasteiger charge is 2.31. The smallest absolute Gasteiger partial charge is 0.269 e. The van der Waals surface area contributed by atoms with E-state index in [0.717, 1.165) is 6.07 Å². The van der Waals surface area contributed by atoms with Gasteiger partial charge in [-0.05, 0) is 24.6 Å². The molecule has 0 radical (unpaired) electrons. The molecule has 9 nitrogen and oxygen atoms in total. The van der Waals surface area contributed by atoms with Gasteiger partial charge in [-0.25, -0.2) is 21.6 Å². The van der Waals surface area contributed by atoms with Crippen molar-refractivity contribution >= 4 is 31.7 Å². The predicted molar refractivity (Wildman–Crippen MR) is 94.3 cm³/mol. The fraction of sp³-hybridized carbons (Fsp3) is 0.467. The Morgan fingerprint density at radius 1 is 1.19 bits per heavy atom. The van der Waals surface area contributed by atoms with E-state index in [-0.39, 0.29) is 40.2 Å². The number of amides is 2. The molecule has 1 heterocycles. The molecular formula is C15H21N3O6S2. The summed E-state index contributed by atoms with van der Waals surface area (Å²) in [6.07, 6.45) is 0.211. The number of carbonyl (C=O) groups excluding carboxylic acids is 2. The van der Waals surface area contributed by atoms with E-state index in [2.05, 4.69) is 15.6 Å². The molecule has 3 N–H and O–H groups in total. The highest BCUT2D eigenvalue weighted by atomic mass is 32.2. The Hall–Kier alpha value is -1.98. The molecule has 2 amide bonds. The number of hydrogen-bond acceptors (Lipinski definition) is 6. The largest absolute Gasteiger partial charge is 0.273 e. The Morgan fingerprint density at radius 3 is 2.46 bits per heavy atom. The molecule has 1 atom stereocenters. The van der Waals surface area contributed by atoms with Gasteiger partial charge in [0.05, 0.1) is 16.4 Å². The van der Waals surface area contributed by atoms with Crippen molar-refractivity contribution in [1.82, 2.24) is 15.6 Å². The summed E-state index contributed by atoms with van der Waals surface area (Å²) >= 11 is 0. The van der Waals surface area contributed by atoms with E-state index in [1.165, 1.54) is 18.2 Å². The van der Waals surface area contributed by atoms with Gasteiger partial charge in [-0.2, -0.15) is 0 Å². The first-order valence-electron chi connectivity index (χ1n) is 7.93. The third kappa shape index (κ3) is 5.26. The highest BCUT2D eigenvalue weighted by molar-refractivity contribution is 7.92. The van der Waals surface area contributed by atoms with Crippen molar-refractivity contribution in [1.29, 1.82) is 0 Å². The van der Waals surface area contributed by atoms with Crippen molar-refractivity contribution in [2.75, 3.05) is 11.5 Å². The molecule has 26 heavy (non-hydrogen) atoms. The van der Waals surface area contributed by atoms with Gasteiger partial charge in [0.25, 0.3) is 5.91 Å². The molecule has 144 valence electrons. The van der Waals surface area contributed by atoms with Crippen LogP contribution in [0.5, 0.6) is 0 Å². The molecular weight excluding hydrogens is 382 g/mol. The molecule has 1 aromatic carbocycles. The maximum atomic E-state index is 12.4. The molecule has 1 unspecified atom stereocenters. The van der Waals surface area contributed by atoms with Crippen LogP contribution < -0.4 is 15.6 Å². The molecule has 2 rings (SSSR count). The van der Waals surface area contributed by atoms with Crippen molar-refractivity contribution in [3.05, 3.63) is 29.8 Å². The second-order valence-corrected chi connectivity index (χ2v) is 10.3. The van der Waals surface area contributed by atoms with Gasteiger partial charge in [0.1, 0.15) is 0 Å². The maximum Gasteiger partial charge on any atom is 0.269 e. The lowest BCUT2D eigenvalue weighted by Crippen LogP contribution is -2.43. The first-order valence-corrected chi connectivity index (χ1v) is 11.2. The third-order valence-corrected chi connectivity index (χ3v) is 7.07. The monoisotopic (exact) mass is 403 g/mol. The quantitative estimate of drug-likeness (QED) is 0.570. The molecule has 1 aromatic rings. The normalized spacial score (nSPS) is 19.3. The van der Waals surface area contributed by atoms with Crippen molar-refractivity contribution in [3.63, 3.8) is 0 Å². The summed E-state index contributed by atoms with van der Waals surface area (Å²) in [5.41, 5.74) is 4.48. The van der Waals surface area contributed by atoms with Crippen LogP contribution in [0.2, 0.25) is 0 Å². The van der Waals surface area contributed by atoms with E-state index in [1.807, 2.05) is 0 Å². The molecule has 0 bridgehead atoms. The lowest BCUT2D eigenvalue weighted by atomic mass is 10.2. The zero-order chi connectivity index (χ0) is 19.5. The zero-order valence-corrected chi connectivity index (χ0v) is 16.0. The molecule has 11 heteroatoms. The number of nitrogens with one attached hydrogen (secondary N) is 3. The Balaban J connectivity index is 2.10. The molecule has 0 aliphatic carbocycles. The predicted octanol–water partition coefficient (Wildman–Crippen LogP) is -0.431. The lowest BCUT2D eigenvalue weighted by Gasteiger charge is -2.13. The maximum absolute atomic E-state index is 12.4. The summed E-state index contributed by atoms with van der Waals surface area (Å²) in [5.74, 6) is -1.68. The Morgan fingerprint density at radius 2 is 1.88 bits per heavy atom. The van der Waals surface area contributed by atoms with Crippen molar-refractivity contribution in [2.45, 2.75) is 31.2 Å². The number of hydrogen-bond donors (Lipinski definition) is 3. The number of hydrazine groups is 1. The average Bonchev–Trinajstić information content (AvgIpc) is 2.90. The minimum atomic E-state index is -3.98. The fourth-order valence-electron chi connectivity index (χ4n) is 2.31. The molecule has 0 saturated carbocycles. The van der Waals surface area contributed by atoms with Crippen molar-refractivity contribution < 1.29 is 26.4 Å². The number of benzene rings is 1. The minimum Gasteiger partial charge on any atom is -0.273 e. The van der Waals surface area contributed by atoms with Gasteiger partial charge in [0.15, 0.2) is 9.84 Å². The number of sulfonamides is 1. The lowest BCUT2D eigenvalue weighted by molar-refractivity contribution is -0.124. The molecule has 1 aliphatic rings. The zero-order valence-electron chi connectivity index (χ0n) is 14.4. The first-order chi connectivity index (χ1) is 12.0. The van der Waals surface area contributed by atoms with Gasteiger partial charge < -0.3 is 0 Å². The summed E-state index contributed by atoms with van der Waals surface area (Å²) in [5, 5.41) is 0. The minimum absolute atomic E-state index is 0.0379. The van der Waals surface area contributed by atoms with Gasteiger partial charge in [0.2, 0.25) is 15.9 Å². The number of rotatable bonds is 5. The Kier molecular flexibility index (Phi) is 6.04. The SMILES string of the molecule is CC(C)C(=O)NNC(=O)c1cccc(S(=O)(=O)NC2CCS(=O)(=O)C2)c1. The van der Waals surface area contributed by atoms with Crippen molar-refractivity contribution in [2.24, 2.45) is 5.92 Å². The fourth-order valence-corrected chi connectivity index (χ4v) is 5.41. The van der Waals surface area contributed by atoms with Crippen LogP contribution in [0.4, 0.5) is 0 Å². The van der Waals surface area contributed by atoms with Gasteiger partial charge in [-0.1, -0.05) is 19.9 Å². The van der Waals surface area contributed by atoms with E-state index in [1.54, 1.807) is 13.8 Å². The summed E-state index contributed by atoms with van der Waals surface area (Å²) < 4.78 is 50.1. The van der Waals surface area contributed by atoms with Gasteiger partial charge in [0, 0.05) is 17.5 Å². The van der Waals surface area contributed by atoms with Crippen LogP contribution in [0.15, 0.2) is 29.2 Å². The molecule has 1 fully saturated rings. The highest BCUT2D eigenvalue weighted by Crippen LogP contribution is 2.17. The number of sulfone groups is 1. The van der Waals surface area contributed by atoms with E-state index in [0.29, 0.717) is 0 Å². The average molecular weight is 403 g/mol. The second-order valence-electron chi connectivity index (χ2n) is 6.35. The number of carbonyl (C=O) groups is 2. The van der Waals surface area contributed by atoms with Crippen LogP contribution in [-0.2, 0) is 24.7 Å².